The van der Waals surface area contributed by atoms with Crippen LogP contribution in [0.5, 0.6) is 5.75 Å². The number of halogens is 2. The fraction of sp³-hybridized carbons (Fsp3) is 0.111. The van der Waals surface area contributed by atoms with E-state index >= 15 is 0 Å². The fourth-order valence-electron chi connectivity index (χ4n) is 2.19. The van der Waals surface area contributed by atoms with E-state index < -0.39 is 0 Å². The van der Waals surface area contributed by atoms with Crippen LogP contribution in [0.1, 0.15) is 5.56 Å². The molecule has 0 saturated carbocycles. The smallest absolute Gasteiger partial charge is 0.262 e. The predicted molar refractivity (Wildman–Crippen MR) is 98.4 cm³/mol. The number of hydrogen-bond acceptors (Lipinski definition) is 3. The molecule has 0 atom stereocenters. The summed E-state index contributed by atoms with van der Waals surface area (Å²) in [5, 5.41) is 8.25. The summed E-state index contributed by atoms with van der Waals surface area (Å²) in [4.78, 5) is 12.0. The van der Waals surface area contributed by atoms with E-state index in [1.807, 2.05) is 24.3 Å². The summed E-state index contributed by atoms with van der Waals surface area (Å²) >= 11 is 11.9. The minimum Gasteiger partial charge on any atom is -0.484 e. The van der Waals surface area contributed by atoms with Crippen LogP contribution in [0, 0.1) is 0 Å². The van der Waals surface area contributed by atoms with Gasteiger partial charge >= 0.3 is 0 Å². The summed E-state index contributed by atoms with van der Waals surface area (Å²) in [7, 11) is 0. The second-order valence-electron chi connectivity index (χ2n) is 5.31. The Morgan fingerprint density at radius 2 is 1.88 bits per heavy atom. The van der Waals surface area contributed by atoms with Gasteiger partial charge in [0.25, 0.3) is 5.91 Å². The van der Waals surface area contributed by atoms with Gasteiger partial charge in [-0.3, -0.25) is 9.48 Å². The Bertz CT molecular complexity index is 863. The zero-order valence-corrected chi connectivity index (χ0v) is 14.7. The highest BCUT2D eigenvalue weighted by atomic mass is 35.5. The van der Waals surface area contributed by atoms with Crippen molar-refractivity contribution in [2.24, 2.45) is 0 Å². The lowest BCUT2D eigenvalue weighted by Gasteiger charge is -2.06. The summed E-state index contributed by atoms with van der Waals surface area (Å²) in [6.45, 7) is 0.425. The van der Waals surface area contributed by atoms with E-state index in [9.17, 15) is 4.79 Å². The average Bonchev–Trinajstić information content (AvgIpc) is 3.03. The lowest BCUT2D eigenvalue weighted by Crippen LogP contribution is -2.19. The molecule has 0 aliphatic rings. The molecule has 0 unspecified atom stereocenters. The van der Waals surface area contributed by atoms with E-state index in [-0.39, 0.29) is 12.5 Å². The Morgan fingerprint density at radius 1 is 1.12 bits per heavy atom. The minimum atomic E-state index is -0.271. The summed E-state index contributed by atoms with van der Waals surface area (Å²) in [6, 6.07) is 14.4. The first-order valence-electron chi connectivity index (χ1n) is 7.54. The van der Waals surface area contributed by atoms with Crippen molar-refractivity contribution in [3.8, 4) is 5.75 Å². The number of benzene rings is 2. The largest absolute Gasteiger partial charge is 0.484 e. The number of ether oxygens (including phenoxy) is 1. The van der Waals surface area contributed by atoms with E-state index in [1.54, 1.807) is 41.3 Å². The van der Waals surface area contributed by atoms with Crippen LogP contribution in [0.4, 0.5) is 5.69 Å². The lowest BCUT2D eigenvalue weighted by atomic mass is 10.2. The molecule has 0 spiro atoms. The van der Waals surface area contributed by atoms with Gasteiger partial charge in [0.2, 0.25) is 0 Å². The molecule has 25 heavy (non-hydrogen) atoms. The number of carbonyl (C=O) groups excluding carboxylic acids is 1. The first-order valence-corrected chi connectivity index (χ1v) is 8.30. The number of amides is 1. The minimum absolute atomic E-state index is 0.0999. The van der Waals surface area contributed by atoms with Crippen LogP contribution in [0.3, 0.4) is 0 Å². The van der Waals surface area contributed by atoms with Gasteiger partial charge in [-0.15, -0.1) is 0 Å². The molecule has 0 bridgehead atoms. The normalized spacial score (nSPS) is 10.5. The molecule has 1 amide bonds. The summed E-state index contributed by atoms with van der Waals surface area (Å²) < 4.78 is 7.10. The maximum atomic E-state index is 12.0. The second-order valence-corrected chi connectivity index (χ2v) is 6.15. The van der Waals surface area contributed by atoms with Crippen molar-refractivity contribution >= 4 is 34.8 Å². The van der Waals surface area contributed by atoms with Gasteiger partial charge < -0.3 is 10.1 Å². The Morgan fingerprint density at radius 3 is 2.64 bits per heavy atom. The van der Waals surface area contributed by atoms with Crippen molar-refractivity contribution in [1.82, 2.24) is 9.78 Å². The molecule has 2 aromatic carbocycles. The second kappa shape index (κ2) is 8.05. The Labute approximate surface area is 155 Å². The highest BCUT2D eigenvalue weighted by Crippen LogP contribution is 2.17. The molecule has 7 heteroatoms. The number of rotatable bonds is 6. The quantitative estimate of drug-likeness (QED) is 0.700. The molecular formula is C18H15Cl2N3O2. The van der Waals surface area contributed by atoms with E-state index in [1.165, 1.54) is 0 Å². The molecule has 0 aliphatic carbocycles. The summed E-state index contributed by atoms with van der Waals surface area (Å²) in [6.07, 6.45) is 3.32. The number of aromatic nitrogens is 2. The van der Waals surface area contributed by atoms with Gasteiger partial charge in [0, 0.05) is 16.2 Å². The molecule has 128 valence electrons. The lowest BCUT2D eigenvalue weighted by molar-refractivity contribution is -0.118. The third-order valence-electron chi connectivity index (χ3n) is 3.39. The topological polar surface area (TPSA) is 56.1 Å². The van der Waals surface area contributed by atoms with Crippen LogP contribution >= 0.6 is 23.2 Å². The SMILES string of the molecule is O=C(COc1ccc(Cl)cc1)Nc1cnn(Cc2ccccc2Cl)c1. The van der Waals surface area contributed by atoms with Gasteiger partial charge in [-0.1, -0.05) is 41.4 Å². The average molecular weight is 376 g/mol. The van der Waals surface area contributed by atoms with Gasteiger partial charge in [0.05, 0.1) is 18.4 Å². The van der Waals surface area contributed by atoms with Gasteiger partial charge in [0.1, 0.15) is 5.75 Å². The van der Waals surface area contributed by atoms with Crippen LogP contribution in [0.25, 0.3) is 0 Å². The summed E-state index contributed by atoms with van der Waals surface area (Å²) in [5.74, 6) is 0.307. The van der Waals surface area contributed by atoms with Crippen molar-refractivity contribution < 1.29 is 9.53 Å². The molecule has 1 aromatic heterocycles. The van der Waals surface area contributed by atoms with Crippen LogP contribution in [0.15, 0.2) is 60.9 Å². The maximum absolute atomic E-state index is 12.0. The molecule has 0 radical (unpaired) electrons. The molecule has 0 fully saturated rings. The Balaban J connectivity index is 1.53. The molecule has 1 heterocycles. The fourth-order valence-corrected chi connectivity index (χ4v) is 2.51. The molecule has 0 saturated heterocycles. The van der Waals surface area contributed by atoms with Crippen LogP contribution in [-0.2, 0) is 11.3 Å². The van der Waals surface area contributed by atoms with Gasteiger partial charge in [-0.25, -0.2) is 0 Å². The monoisotopic (exact) mass is 375 g/mol. The van der Waals surface area contributed by atoms with Gasteiger partial charge in [-0.05, 0) is 35.9 Å². The first kappa shape index (κ1) is 17.3. The highest BCUT2D eigenvalue weighted by molar-refractivity contribution is 6.31. The van der Waals surface area contributed by atoms with Crippen molar-refractivity contribution in [3.05, 3.63) is 76.5 Å². The number of nitrogens with one attached hydrogen (secondary N) is 1. The highest BCUT2D eigenvalue weighted by Gasteiger charge is 2.07. The van der Waals surface area contributed by atoms with E-state index in [4.69, 9.17) is 27.9 Å². The third kappa shape index (κ3) is 4.98. The van der Waals surface area contributed by atoms with Crippen LogP contribution < -0.4 is 10.1 Å². The zero-order chi connectivity index (χ0) is 17.6. The van der Waals surface area contributed by atoms with Crippen molar-refractivity contribution in [1.29, 1.82) is 0 Å². The van der Waals surface area contributed by atoms with E-state index in [2.05, 4.69) is 10.4 Å². The zero-order valence-electron chi connectivity index (χ0n) is 13.2. The molecule has 3 aromatic rings. The number of nitrogens with zero attached hydrogens (tertiary/aromatic N) is 2. The van der Waals surface area contributed by atoms with Crippen LogP contribution in [0.2, 0.25) is 10.0 Å². The molecule has 1 N–H and O–H groups in total. The van der Waals surface area contributed by atoms with Crippen molar-refractivity contribution in [2.75, 3.05) is 11.9 Å². The van der Waals surface area contributed by atoms with Gasteiger partial charge in [-0.2, -0.15) is 5.10 Å². The molecule has 0 aliphatic heterocycles. The standard InChI is InChI=1S/C18H15Cl2N3O2/c19-14-5-7-16(8-6-14)25-12-18(24)22-15-9-21-23(11-15)10-13-3-1-2-4-17(13)20/h1-9,11H,10,12H2,(H,22,24). The van der Waals surface area contributed by atoms with E-state index in [0.29, 0.717) is 28.0 Å². The van der Waals surface area contributed by atoms with Crippen LogP contribution in [-0.4, -0.2) is 22.3 Å². The Kier molecular flexibility index (Phi) is 5.58. The predicted octanol–water partition coefficient (Wildman–Crippen LogP) is 4.26. The first-order chi connectivity index (χ1) is 12.1. The molecule has 5 nitrogen and oxygen atoms in total. The number of hydrogen-bond donors (Lipinski definition) is 1. The summed E-state index contributed by atoms with van der Waals surface area (Å²) in [5.41, 5.74) is 1.55. The third-order valence-corrected chi connectivity index (χ3v) is 4.01. The van der Waals surface area contributed by atoms with Crippen molar-refractivity contribution in [2.45, 2.75) is 6.54 Å². The van der Waals surface area contributed by atoms with Crippen molar-refractivity contribution in [3.63, 3.8) is 0 Å². The molecular weight excluding hydrogens is 361 g/mol. The van der Waals surface area contributed by atoms with E-state index in [0.717, 1.165) is 5.56 Å². The number of anilines is 1. The van der Waals surface area contributed by atoms with Gasteiger partial charge in [0.15, 0.2) is 6.61 Å². The number of carbonyl (C=O) groups is 1. The Hall–Kier alpha value is -2.50. The molecule has 3 rings (SSSR count). The maximum Gasteiger partial charge on any atom is 0.262 e.